The maximum Gasteiger partial charge on any atom is 0.138 e. The number of rotatable bonds is 7. The number of nitrogens with zero attached hydrogens (tertiary/aromatic N) is 7. The molecule has 1 fully saturated rings. The quantitative estimate of drug-likeness (QED) is 0.173. The molecular formula is C27H26BrClFN7O3. The van der Waals surface area contributed by atoms with Gasteiger partial charge in [0.15, 0.2) is 0 Å². The molecule has 4 aromatic rings. The average molecular weight is 631 g/mol. The van der Waals surface area contributed by atoms with Gasteiger partial charge in [-0.05, 0) is 53.2 Å². The van der Waals surface area contributed by atoms with Crippen molar-refractivity contribution in [3.63, 3.8) is 0 Å². The Morgan fingerprint density at radius 1 is 1.32 bits per heavy atom. The van der Waals surface area contributed by atoms with Gasteiger partial charge in [-0.1, -0.05) is 28.9 Å². The fraction of sp³-hybridized carbons (Fsp3) is 0.296. The first-order valence-corrected chi connectivity index (χ1v) is 13.6. The number of ether oxygens (including phenoxy) is 1. The Balaban J connectivity index is 1.47. The van der Waals surface area contributed by atoms with Gasteiger partial charge < -0.3 is 19.8 Å². The summed E-state index contributed by atoms with van der Waals surface area (Å²) in [6.45, 7) is 5.13. The summed E-state index contributed by atoms with van der Waals surface area (Å²) >= 11 is 9.61. The lowest BCUT2D eigenvalue weighted by Crippen LogP contribution is -2.51. The Kier molecular flexibility index (Phi) is 8.52. The highest BCUT2D eigenvalue weighted by Crippen LogP contribution is 2.34. The number of fused-ring (bicyclic) bond motifs is 1. The Morgan fingerprint density at radius 2 is 2.15 bits per heavy atom. The van der Waals surface area contributed by atoms with Crippen LogP contribution < -0.4 is 4.90 Å². The van der Waals surface area contributed by atoms with Gasteiger partial charge in [-0.25, -0.2) is 9.07 Å². The second-order valence-corrected chi connectivity index (χ2v) is 10.7. The number of hydrogen-bond acceptors (Lipinski definition) is 8. The van der Waals surface area contributed by atoms with E-state index in [2.05, 4.69) is 48.1 Å². The lowest BCUT2D eigenvalue weighted by Gasteiger charge is -2.40. The number of aliphatic hydroxyl groups excluding tert-OH is 2. The summed E-state index contributed by atoms with van der Waals surface area (Å²) in [5, 5.41) is 38.7. The molecule has 0 spiro atoms. The molecule has 10 nitrogen and oxygen atoms in total. The molecule has 40 heavy (non-hydrogen) atoms. The van der Waals surface area contributed by atoms with Crippen LogP contribution in [0.2, 0.25) is 5.02 Å². The minimum absolute atomic E-state index is 0.274. The van der Waals surface area contributed by atoms with Gasteiger partial charge in [-0.3, -0.25) is 4.98 Å². The fourth-order valence-electron chi connectivity index (χ4n) is 4.91. The van der Waals surface area contributed by atoms with Crippen LogP contribution in [-0.4, -0.2) is 74.2 Å². The largest absolute Gasteiger partial charge is 0.394 e. The standard InChI is InChI=1S/C27H26BrClFN7O3/c1-15(33-31-2)36(23-10-18(29)8-17-4-3-7-32-26(17)23)12-19-11-24(27(39)25(14-38)40-19)37-13-22(34-35-37)16-5-6-20(28)21(30)9-16/h3-10,13,19,24-25,27,38-39H,2,11-12,14H2,1H3/b33-15-. The summed E-state index contributed by atoms with van der Waals surface area (Å²) < 4.78 is 22.1. The van der Waals surface area contributed by atoms with Crippen molar-refractivity contribution in [3.8, 4) is 11.3 Å². The van der Waals surface area contributed by atoms with Crippen LogP contribution in [0, 0.1) is 5.82 Å². The molecule has 0 aliphatic carbocycles. The van der Waals surface area contributed by atoms with Crippen molar-refractivity contribution in [1.82, 2.24) is 20.0 Å². The Morgan fingerprint density at radius 3 is 2.90 bits per heavy atom. The molecule has 1 saturated heterocycles. The van der Waals surface area contributed by atoms with Crippen LogP contribution in [-0.2, 0) is 4.74 Å². The molecule has 4 atom stereocenters. The lowest BCUT2D eigenvalue weighted by atomic mass is 9.95. The van der Waals surface area contributed by atoms with Crippen LogP contribution in [0.3, 0.4) is 0 Å². The van der Waals surface area contributed by atoms with Crippen LogP contribution in [0.1, 0.15) is 19.4 Å². The molecule has 2 N–H and O–H groups in total. The Hall–Kier alpha value is -3.29. The summed E-state index contributed by atoms with van der Waals surface area (Å²) in [5.41, 5.74) is 2.39. The average Bonchev–Trinajstić information content (AvgIpc) is 3.43. The van der Waals surface area contributed by atoms with Crippen molar-refractivity contribution in [2.45, 2.75) is 37.7 Å². The van der Waals surface area contributed by atoms with Crippen molar-refractivity contribution in [2.24, 2.45) is 10.2 Å². The normalized spacial score (nSPS) is 21.5. The Labute approximate surface area is 242 Å². The molecule has 5 rings (SSSR count). The zero-order valence-corrected chi connectivity index (χ0v) is 23.7. The third-order valence-electron chi connectivity index (χ3n) is 6.82. The van der Waals surface area contributed by atoms with E-state index in [1.165, 1.54) is 10.7 Å². The van der Waals surface area contributed by atoms with Crippen molar-refractivity contribution >= 4 is 56.7 Å². The first kappa shape index (κ1) is 28.2. The van der Waals surface area contributed by atoms with E-state index in [0.29, 0.717) is 44.2 Å². The van der Waals surface area contributed by atoms with E-state index in [1.807, 2.05) is 23.1 Å². The van der Waals surface area contributed by atoms with Crippen LogP contribution in [0.4, 0.5) is 10.1 Å². The van der Waals surface area contributed by atoms with E-state index >= 15 is 0 Å². The van der Waals surface area contributed by atoms with Gasteiger partial charge in [0.1, 0.15) is 29.6 Å². The van der Waals surface area contributed by atoms with Gasteiger partial charge in [0.05, 0.1) is 47.2 Å². The second-order valence-electron chi connectivity index (χ2n) is 9.38. The number of amidine groups is 1. The third kappa shape index (κ3) is 5.77. The van der Waals surface area contributed by atoms with Crippen LogP contribution in [0.25, 0.3) is 22.2 Å². The smallest absolute Gasteiger partial charge is 0.138 e. The van der Waals surface area contributed by atoms with E-state index in [4.69, 9.17) is 16.3 Å². The van der Waals surface area contributed by atoms with Crippen molar-refractivity contribution in [3.05, 3.63) is 70.2 Å². The molecule has 13 heteroatoms. The summed E-state index contributed by atoms with van der Waals surface area (Å²) in [6.07, 6.45) is 1.23. The number of pyridine rings is 1. The lowest BCUT2D eigenvalue weighted by molar-refractivity contribution is -0.152. The van der Waals surface area contributed by atoms with E-state index in [1.54, 1.807) is 37.5 Å². The van der Waals surface area contributed by atoms with E-state index in [9.17, 15) is 14.6 Å². The zero-order valence-electron chi connectivity index (χ0n) is 21.4. The number of aliphatic hydroxyl groups is 2. The maximum absolute atomic E-state index is 14.1. The minimum atomic E-state index is -1.07. The molecule has 1 aliphatic heterocycles. The van der Waals surface area contributed by atoms with E-state index in [-0.39, 0.29) is 6.54 Å². The van der Waals surface area contributed by atoms with Crippen LogP contribution in [0.5, 0.6) is 0 Å². The summed E-state index contributed by atoms with van der Waals surface area (Å²) in [4.78, 5) is 6.43. The van der Waals surface area contributed by atoms with Crippen LogP contribution >= 0.6 is 27.5 Å². The summed E-state index contributed by atoms with van der Waals surface area (Å²) in [5.74, 6) is 0.101. The number of anilines is 1. The van der Waals surface area contributed by atoms with Gasteiger partial charge in [0.25, 0.3) is 0 Å². The van der Waals surface area contributed by atoms with Crippen LogP contribution in [0.15, 0.2) is 69.5 Å². The van der Waals surface area contributed by atoms with Gasteiger partial charge in [0.2, 0.25) is 0 Å². The SMILES string of the molecule is C=N/N=C(/C)N(CC1CC(n2cc(-c3ccc(Br)c(F)c3)nn2)C(O)C(CO)O1)c1cc(Cl)cc2cccnc12. The monoisotopic (exact) mass is 629 g/mol. The first-order valence-electron chi connectivity index (χ1n) is 12.4. The third-order valence-corrected chi connectivity index (χ3v) is 7.69. The Bertz CT molecular complexity index is 1570. The highest BCUT2D eigenvalue weighted by atomic mass is 79.9. The summed E-state index contributed by atoms with van der Waals surface area (Å²) in [7, 11) is 0. The molecule has 0 saturated carbocycles. The molecule has 0 bridgehead atoms. The van der Waals surface area contributed by atoms with Crippen molar-refractivity contribution < 1.29 is 19.3 Å². The van der Waals surface area contributed by atoms with Gasteiger partial charge in [-0.15, -0.1) is 10.2 Å². The maximum atomic E-state index is 14.1. The molecule has 2 aromatic carbocycles. The predicted molar refractivity (Wildman–Crippen MR) is 155 cm³/mol. The molecular weight excluding hydrogens is 605 g/mol. The van der Waals surface area contributed by atoms with E-state index < -0.39 is 36.8 Å². The van der Waals surface area contributed by atoms with Gasteiger partial charge in [-0.2, -0.15) is 5.10 Å². The van der Waals surface area contributed by atoms with E-state index in [0.717, 1.165) is 5.39 Å². The van der Waals surface area contributed by atoms with Crippen molar-refractivity contribution in [1.29, 1.82) is 0 Å². The molecule has 0 radical (unpaired) electrons. The predicted octanol–water partition coefficient (Wildman–Crippen LogP) is 4.64. The molecule has 3 heterocycles. The molecule has 1 aliphatic rings. The van der Waals surface area contributed by atoms with Gasteiger partial charge >= 0.3 is 0 Å². The molecule has 208 valence electrons. The number of hydrogen-bond donors (Lipinski definition) is 2. The molecule has 2 aromatic heterocycles. The number of aromatic nitrogens is 4. The molecule has 0 amide bonds. The van der Waals surface area contributed by atoms with Crippen molar-refractivity contribution in [2.75, 3.05) is 18.1 Å². The number of benzene rings is 2. The first-order chi connectivity index (χ1) is 19.3. The highest BCUT2D eigenvalue weighted by molar-refractivity contribution is 9.10. The minimum Gasteiger partial charge on any atom is -0.394 e. The highest BCUT2D eigenvalue weighted by Gasteiger charge is 2.40. The fourth-order valence-corrected chi connectivity index (χ4v) is 5.37. The van der Waals surface area contributed by atoms with Gasteiger partial charge in [0, 0.05) is 35.3 Å². The number of halogens is 3. The summed E-state index contributed by atoms with van der Waals surface area (Å²) in [6, 6.07) is 11.5. The molecule has 4 unspecified atom stereocenters. The topological polar surface area (TPSA) is 121 Å². The second kappa shape index (κ2) is 12.1. The zero-order chi connectivity index (χ0) is 28.4.